The minimum atomic E-state index is -4.44. The second-order valence-corrected chi connectivity index (χ2v) is 8.99. The third-order valence-corrected chi connectivity index (χ3v) is 5.90. The van der Waals surface area contributed by atoms with E-state index < -0.39 is 17.8 Å². The van der Waals surface area contributed by atoms with Crippen molar-refractivity contribution in [1.82, 2.24) is 10.6 Å². The number of rotatable bonds is 15. The molecule has 0 radical (unpaired) electrons. The van der Waals surface area contributed by atoms with E-state index in [1.165, 1.54) is 25.0 Å². The molecule has 37 heavy (non-hydrogen) atoms. The van der Waals surface area contributed by atoms with Crippen molar-refractivity contribution in [2.75, 3.05) is 39.5 Å². The van der Waals surface area contributed by atoms with Gasteiger partial charge >= 0.3 is 6.18 Å². The van der Waals surface area contributed by atoms with Crippen LogP contribution in [0, 0.1) is 0 Å². The van der Waals surface area contributed by atoms with Crippen molar-refractivity contribution in [2.45, 2.75) is 50.5 Å². The van der Waals surface area contributed by atoms with Gasteiger partial charge < -0.3 is 30.0 Å². The van der Waals surface area contributed by atoms with Crippen molar-refractivity contribution in [3.05, 3.63) is 59.7 Å². The van der Waals surface area contributed by atoms with Gasteiger partial charge in [-0.1, -0.05) is 31.0 Å². The molecule has 3 rings (SSSR count). The number of aliphatic hydroxyl groups is 1. The Kier molecular flexibility index (Phi) is 11.5. The second-order valence-electron chi connectivity index (χ2n) is 8.99. The van der Waals surface area contributed by atoms with Crippen LogP contribution in [0.15, 0.2) is 48.5 Å². The molecule has 10 heteroatoms. The summed E-state index contributed by atoms with van der Waals surface area (Å²) in [5.41, 5.74) is -0.486. The summed E-state index contributed by atoms with van der Waals surface area (Å²) < 4.78 is 55.4. The van der Waals surface area contributed by atoms with Gasteiger partial charge in [0.2, 0.25) is 5.91 Å². The van der Waals surface area contributed by atoms with Crippen LogP contribution in [-0.4, -0.2) is 62.7 Å². The Balaban J connectivity index is 1.22. The number of hydrogen-bond donors (Lipinski definition) is 3. The normalized spacial score (nSPS) is 14.9. The quantitative estimate of drug-likeness (QED) is 0.308. The number of halogens is 3. The smallest absolute Gasteiger partial charge is 0.416 e. The Hall–Kier alpha value is -2.82. The number of benzene rings is 2. The molecule has 1 unspecified atom stereocenters. The zero-order chi connectivity index (χ0) is 26.5. The van der Waals surface area contributed by atoms with Gasteiger partial charge in [0.15, 0.2) is 0 Å². The van der Waals surface area contributed by atoms with E-state index in [9.17, 15) is 23.1 Å². The molecule has 1 fully saturated rings. The first-order chi connectivity index (χ1) is 17.8. The maximum Gasteiger partial charge on any atom is 0.416 e. The van der Waals surface area contributed by atoms with E-state index in [0.717, 1.165) is 30.7 Å². The average Bonchev–Trinajstić information content (AvgIpc) is 3.39. The van der Waals surface area contributed by atoms with Gasteiger partial charge in [0, 0.05) is 19.6 Å². The summed E-state index contributed by atoms with van der Waals surface area (Å²) in [6, 6.07) is 11.9. The van der Waals surface area contributed by atoms with Gasteiger partial charge in [-0.25, -0.2) is 0 Å². The lowest BCUT2D eigenvalue weighted by atomic mass is 10.1. The molecule has 0 aliphatic heterocycles. The number of aliphatic hydroxyl groups excluding tert-OH is 1. The van der Waals surface area contributed by atoms with Gasteiger partial charge in [0.25, 0.3) is 0 Å². The molecule has 2 aromatic carbocycles. The average molecular weight is 525 g/mol. The SMILES string of the molecule is O=C(Cc1cccc(C(F)(F)F)c1)NCCNCC(O)COc1ccc(OCCOC2CCCC2)cc1. The molecule has 7 nitrogen and oxygen atoms in total. The molecule has 0 spiro atoms. The third-order valence-electron chi connectivity index (χ3n) is 5.90. The maximum atomic E-state index is 12.8. The lowest BCUT2D eigenvalue weighted by molar-refractivity contribution is -0.137. The number of amides is 1. The highest BCUT2D eigenvalue weighted by Gasteiger charge is 2.30. The highest BCUT2D eigenvalue weighted by atomic mass is 19.4. The number of nitrogens with one attached hydrogen (secondary N) is 2. The summed E-state index contributed by atoms with van der Waals surface area (Å²) >= 11 is 0. The zero-order valence-electron chi connectivity index (χ0n) is 20.8. The molecule has 2 aromatic rings. The van der Waals surface area contributed by atoms with Crippen molar-refractivity contribution in [2.24, 2.45) is 0 Å². The standard InChI is InChI=1S/C27H35F3N2O5/c28-27(29,30)21-5-3-4-20(16-21)17-26(34)32-13-12-31-18-22(33)19-37-25-10-8-24(9-11-25)36-15-14-35-23-6-1-2-7-23/h3-5,8-11,16,22-23,31,33H,1-2,6-7,12-15,17-19H2,(H,32,34). The molecule has 1 saturated carbocycles. The van der Waals surface area contributed by atoms with Gasteiger partial charge in [0.05, 0.1) is 24.7 Å². The topological polar surface area (TPSA) is 89.1 Å². The maximum absolute atomic E-state index is 12.8. The van der Waals surface area contributed by atoms with Crippen LogP contribution in [0.3, 0.4) is 0 Å². The summed E-state index contributed by atoms with van der Waals surface area (Å²) in [4.78, 5) is 12.0. The van der Waals surface area contributed by atoms with E-state index in [0.29, 0.717) is 37.2 Å². The van der Waals surface area contributed by atoms with Crippen LogP contribution in [0.1, 0.15) is 36.8 Å². The summed E-state index contributed by atoms with van der Waals surface area (Å²) in [7, 11) is 0. The molecule has 0 aromatic heterocycles. The molecule has 3 N–H and O–H groups in total. The van der Waals surface area contributed by atoms with Crippen LogP contribution in [0.25, 0.3) is 0 Å². The fourth-order valence-electron chi connectivity index (χ4n) is 3.98. The van der Waals surface area contributed by atoms with E-state index in [-0.39, 0.29) is 32.0 Å². The van der Waals surface area contributed by atoms with Crippen molar-refractivity contribution >= 4 is 5.91 Å². The molecule has 1 amide bonds. The number of carbonyl (C=O) groups excluding carboxylic acids is 1. The zero-order valence-corrected chi connectivity index (χ0v) is 20.8. The summed E-state index contributed by atoms with van der Waals surface area (Å²) in [6.07, 6.45) is -0.217. The molecule has 1 atom stereocenters. The Morgan fingerprint density at radius 3 is 2.41 bits per heavy atom. The number of hydrogen-bond acceptors (Lipinski definition) is 6. The Morgan fingerprint density at radius 2 is 1.70 bits per heavy atom. The van der Waals surface area contributed by atoms with Crippen LogP contribution in [0.4, 0.5) is 13.2 Å². The first-order valence-corrected chi connectivity index (χ1v) is 12.6. The minimum Gasteiger partial charge on any atom is -0.491 e. The summed E-state index contributed by atoms with van der Waals surface area (Å²) in [5.74, 6) is 0.953. The van der Waals surface area contributed by atoms with Crippen LogP contribution in [0.2, 0.25) is 0 Å². The lowest BCUT2D eigenvalue weighted by Crippen LogP contribution is -2.37. The van der Waals surface area contributed by atoms with Gasteiger partial charge in [-0.3, -0.25) is 4.79 Å². The predicted octanol–water partition coefficient (Wildman–Crippen LogP) is 3.73. The van der Waals surface area contributed by atoms with Gasteiger partial charge in [-0.05, 0) is 48.7 Å². The van der Waals surface area contributed by atoms with Crippen molar-refractivity contribution in [3.8, 4) is 11.5 Å². The molecule has 0 saturated heterocycles. The second kappa shape index (κ2) is 14.8. The van der Waals surface area contributed by atoms with E-state index in [1.807, 2.05) is 0 Å². The highest BCUT2D eigenvalue weighted by molar-refractivity contribution is 5.78. The van der Waals surface area contributed by atoms with Crippen LogP contribution >= 0.6 is 0 Å². The largest absolute Gasteiger partial charge is 0.491 e. The van der Waals surface area contributed by atoms with Crippen LogP contribution in [0.5, 0.6) is 11.5 Å². The fraction of sp³-hybridized carbons (Fsp3) is 0.519. The van der Waals surface area contributed by atoms with Crippen molar-refractivity contribution in [1.29, 1.82) is 0 Å². The summed E-state index contributed by atoms with van der Waals surface area (Å²) in [5, 5.41) is 15.7. The molecule has 1 aliphatic rings. The monoisotopic (exact) mass is 524 g/mol. The molecule has 0 bridgehead atoms. The highest BCUT2D eigenvalue weighted by Crippen LogP contribution is 2.29. The molecule has 1 aliphatic carbocycles. The number of ether oxygens (including phenoxy) is 3. The first-order valence-electron chi connectivity index (χ1n) is 12.6. The molecule has 204 valence electrons. The molecular weight excluding hydrogens is 489 g/mol. The first kappa shape index (κ1) is 28.7. The van der Waals surface area contributed by atoms with Gasteiger partial charge in [0.1, 0.15) is 30.8 Å². The van der Waals surface area contributed by atoms with E-state index >= 15 is 0 Å². The number of carbonyl (C=O) groups is 1. The third kappa shape index (κ3) is 11.0. The minimum absolute atomic E-state index is 0.0876. The molecular formula is C27H35F3N2O5. The lowest BCUT2D eigenvalue weighted by Gasteiger charge is -2.14. The predicted molar refractivity (Wildman–Crippen MR) is 133 cm³/mol. The van der Waals surface area contributed by atoms with E-state index in [4.69, 9.17) is 14.2 Å². The van der Waals surface area contributed by atoms with Gasteiger partial charge in [-0.2, -0.15) is 13.2 Å². The van der Waals surface area contributed by atoms with Crippen molar-refractivity contribution in [3.63, 3.8) is 0 Å². The van der Waals surface area contributed by atoms with E-state index in [2.05, 4.69) is 10.6 Å². The van der Waals surface area contributed by atoms with Crippen LogP contribution in [-0.2, 0) is 22.1 Å². The van der Waals surface area contributed by atoms with E-state index in [1.54, 1.807) is 24.3 Å². The Bertz CT molecular complexity index is 950. The molecule has 0 heterocycles. The summed E-state index contributed by atoms with van der Waals surface area (Å²) in [6.45, 7) is 2.07. The Labute approximate surface area is 215 Å². The fourth-order valence-corrected chi connectivity index (χ4v) is 3.98. The number of alkyl halides is 3. The Morgan fingerprint density at radius 1 is 1.00 bits per heavy atom. The van der Waals surface area contributed by atoms with Crippen LogP contribution < -0.4 is 20.1 Å². The van der Waals surface area contributed by atoms with Gasteiger partial charge in [-0.15, -0.1) is 0 Å². The van der Waals surface area contributed by atoms with Crippen molar-refractivity contribution < 1.29 is 37.3 Å².